The molecule has 2 heterocycles. The number of carbonyl (C=O) groups is 1. The molecule has 24 heavy (non-hydrogen) atoms. The molecule has 1 amide bonds. The Morgan fingerprint density at radius 1 is 1.04 bits per heavy atom. The van der Waals surface area contributed by atoms with Crippen molar-refractivity contribution in [3.05, 3.63) is 34.9 Å². The summed E-state index contributed by atoms with van der Waals surface area (Å²) in [5.41, 5.74) is 2.92. The maximum absolute atomic E-state index is 12.7. The normalized spacial score (nSPS) is 28.8. The summed E-state index contributed by atoms with van der Waals surface area (Å²) in [6.45, 7) is 7.18. The summed E-state index contributed by atoms with van der Waals surface area (Å²) in [5.74, 6) is 0.0573. The Labute approximate surface area is 142 Å². The number of carbonyl (C=O) groups excluding carboxylic acids is 1. The maximum atomic E-state index is 12.7. The summed E-state index contributed by atoms with van der Waals surface area (Å²) in [6.07, 6.45) is -1.63. The number of aliphatic hydroxyl groups is 2. The minimum atomic E-state index is -0.835. The molecule has 1 aromatic rings. The summed E-state index contributed by atoms with van der Waals surface area (Å²) < 4.78 is 5.36. The van der Waals surface area contributed by atoms with Gasteiger partial charge >= 0.3 is 0 Å². The van der Waals surface area contributed by atoms with Crippen molar-refractivity contribution in [3.63, 3.8) is 0 Å². The topological polar surface area (TPSA) is 73.2 Å². The van der Waals surface area contributed by atoms with Crippen molar-refractivity contribution < 1.29 is 19.7 Å². The number of benzene rings is 1. The molecule has 0 radical (unpaired) electrons. The van der Waals surface area contributed by atoms with Crippen molar-refractivity contribution in [1.29, 1.82) is 0 Å². The van der Waals surface area contributed by atoms with Crippen LogP contribution in [-0.2, 0) is 4.74 Å². The molecule has 132 valence electrons. The molecule has 2 saturated heterocycles. The lowest BCUT2D eigenvalue weighted by atomic mass is 10.0. The van der Waals surface area contributed by atoms with E-state index >= 15 is 0 Å². The first-order chi connectivity index (χ1) is 11.5. The number of hydrogen-bond donors (Lipinski definition) is 2. The third-order valence-electron chi connectivity index (χ3n) is 4.90. The number of ether oxygens (including phenoxy) is 1. The van der Waals surface area contributed by atoms with Crippen LogP contribution < -0.4 is 0 Å². The molecule has 0 aliphatic carbocycles. The minimum Gasteiger partial charge on any atom is -0.389 e. The Balaban J connectivity index is 1.61. The quantitative estimate of drug-likeness (QED) is 0.807. The van der Waals surface area contributed by atoms with Gasteiger partial charge in [0.25, 0.3) is 5.91 Å². The fourth-order valence-corrected chi connectivity index (χ4v) is 3.62. The molecular formula is C18H26N2O4. The first kappa shape index (κ1) is 17.4. The van der Waals surface area contributed by atoms with E-state index in [4.69, 9.17) is 4.74 Å². The van der Waals surface area contributed by atoms with E-state index in [2.05, 4.69) is 11.0 Å². The molecule has 3 rings (SSSR count). The molecule has 0 aromatic heterocycles. The van der Waals surface area contributed by atoms with Crippen molar-refractivity contribution in [2.45, 2.75) is 32.1 Å². The number of nitrogens with zero attached hydrogens (tertiary/aromatic N) is 2. The van der Waals surface area contributed by atoms with Crippen LogP contribution in [0.3, 0.4) is 0 Å². The molecule has 0 spiro atoms. The summed E-state index contributed by atoms with van der Waals surface area (Å²) in [6, 6.07) is 5.71. The smallest absolute Gasteiger partial charge is 0.253 e. The van der Waals surface area contributed by atoms with Crippen LogP contribution in [0.4, 0.5) is 0 Å². The van der Waals surface area contributed by atoms with Gasteiger partial charge in [0.1, 0.15) is 6.10 Å². The molecule has 6 nitrogen and oxygen atoms in total. The lowest BCUT2D eigenvalue weighted by Crippen LogP contribution is -2.60. The van der Waals surface area contributed by atoms with Gasteiger partial charge in [-0.3, -0.25) is 9.69 Å². The zero-order valence-electron chi connectivity index (χ0n) is 14.3. The Kier molecular flexibility index (Phi) is 5.20. The average molecular weight is 334 g/mol. The second kappa shape index (κ2) is 7.19. The molecule has 0 bridgehead atoms. The molecule has 0 saturated carbocycles. The van der Waals surface area contributed by atoms with Gasteiger partial charge in [0.2, 0.25) is 0 Å². The van der Waals surface area contributed by atoms with Crippen molar-refractivity contribution in [2.75, 3.05) is 39.4 Å². The fourth-order valence-electron chi connectivity index (χ4n) is 3.62. The van der Waals surface area contributed by atoms with Crippen molar-refractivity contribution >= 4 is 5.91 Å². The first-order valence-electron chi connectivity index (χ1n) is 8.51. The summed E-state index contributed by atoms with van der Waals surface area (Å²) >= 11 is 0. The van der Waals surface area contributed by atoms with Gasteiger partial charge in [-0.15, -0.1) is 0 Å². The van der Waals surface area contributed by atoms with E-state index in [1.165, 1.54) is 0 Å². The largest absolute Gasteiger partial charge is 0.389 e. The Hall–Kier alpha value is -1.47. The summed E-state index contributed by atoms with van der Waals surface area (Å²) in [5, 5.41) is 19.9. The van der Waals surface area contributed by atoms with Gasteiger partial charge in [-0.1, -0.05) is 17.2 Å². The third kappa shape index (κ3) is 3.62. The highest BCUT2D eigenvalue weighted by molar-refractivity contribution is 5.94. The van der Waals surface area contributed by atoms with Crippen LogP contribution in [0.5, 0.6) is 0 Å². The second-order valence-corrected chi connectivity index (χ2v) is 6.87. The van der Waals surface area contributed by atoms with E-state index in [1.54, 1.807) is 0 Å². The third-order valence-corrected chi connectivity index (χ3v) is 4.90. The highest BCUT2D eigenvalue weighted by Crippen LogP contribution is 2.18. The fraction of sp³-hybridized carbons (Fsp3) is 0.611. The molecule has 6 heteroatoms. The minimum absolute atomic E-state index is 0.0573. The van der Waals surface area contributed by atoms with E-state index in [9.17, 15) is 15.0 Å². The number of piperazine rings is 1. The van der Waals surface area contributed by atoms with E-state index in [-0.39, 0.29) is 18.6 Å². The lowest BCUT2D eigenvalue weighted by molar-refractivity contribution is -0.136. The maximum Gasteiger partial charge on any atom is 0.253 e. The molecule has 2 aliphatic rings. The predicted octanol–water partition coefficient (Wildman–Crippen LogP) is 0.182. The first-order valence-corrected chi connectivity index (χ1v) is 8.51. The van der Waals surface area contributed by atoms with Gasteiger partial charge in [-0.25, -0.2) is 0 Å². The van der Waals surface area contributed by atoms with E-state index in [1.807, 2.05) is 30.9 Å². The van der Waals surface area contributed by atoms with Crippen molar-refractivity contribution in [1.82, 2.24) is 9.80 Å². The van der Waals surface area contributed by atoms with Gasteiger partial charge in [0.15, 0.2) is 0 Å². The Morgan fingerprint density at radius 2 is 1.67 bits per heavy atom. The van der Waals surface area contributed by atoms with Gasteiger partial charge in [-0.05, 0) is 26.0 Å². The van der Waals surface area contributed by atoms with Gasteiger partial charge < -0.3 is 19.8 Å². The Bertz CT molecular complexity index is 578. The van der Waals surface area contributed by atoms with Crippen LogP contribution in [0.1, 0.15) is 21.5 Å². The Morgan fingerprint density at radius 3 is 2.29 bits per heavy atom. The highest BCUT2D eigenvalue weighted by Gasteiger charge is 2.37. The second-order valence-electron chi connectivity index (χ2n) is 6.87. The molecular weight excluding hydrogens is 308 g/mol. The number of hydrogen-bond acceptors (Lipinski definition) is 5. The molecule has 2 N–H and O–H groups in total. The molecule has 2 aliphatic heterocycles. The average Bonchev–Trinajstić information content (AvgIpc) is 2.56. The van der Waals surface area contributed by atoms with Crippen LogP contribution in [0, 0.1) is 13.8 Å². The molecule has 3 atom stereocenters. The summed E-state index contributed by atoms with van der Waals surface area (Å²) in [4.78, 5) is 16.7. The van der Waals surface area contributed by atoms with Crippen LogP contribution >= 0.6 is 0 Å². The zero-order valence-corrected chi connectivity index (χ0v) is 14.3. The summed E-state index contributed by atoms with van der Waals surface area (Å²) in [7, 11) is 0. The van der Waals surface area contributed by atoms with Crippen LogP contribution in [0.2, 0.25) is 0 Å². The van der Waals surface area contributed by atoms with Gasteiger partial charge in [-0.2, -0.15) is 0 Å². The number of aliphatic hydroxyl groups excluding tert-OH is 2. The van der Waals surface area contributed by atoms with E-state index in [0.717, 1.165) is 16.7 Å². The molecule has 0 unspecified atom stereocenters. The van der Waals surface area contributed by atoms with E-state index < -0.39 is 12.2 Å². The highest BCUT2D eigenvalue weighted by atomic mass is 16.5. The van der Waals surface area contributed by atoms with Crippen molar-refractivity contribution in [3.8, 4) is 0 Å². The van der Waals surface area contributed by atoms with Crippen LogP contribution in [0.15, 0.2) is 18.2 Å². The van der Waals surface area contributed by atoms with Crippen LogP contribution in [-0.4, -0.2) is 83.6 Å². The number of rotatable bonds is 2. The molecule has 2 fully saturated rings. The van der Waals surface area contributed by atoms with Crippen LogP contribution in [0.25, 0.3) is 0 Å². The van der Waals surface area contributed by atoms with Gasteiger partial charge in [0.05, 0.1) is 25.4 Å². The zero-order chi connectivity index (χ0) is 17.3. The SMILES string of the molecule is Cc1cc(C)cc(C(=O)N2CCN([C@@H]3COC[C@@H](O)[C@H]3O)CC2)c1. The standard InChI is InChI=1S/C18H26N2O4/c1-12-7-13(2)9-14(8-12)18(23)20-5-3-19(4-6-20)15-10-24-11-16(21)17(15)22/h7-9,15-17,21-22H,3-6,10-11H2,1-2H3/t15-,16-,17+/m1/s1. The number of aryl methyl sites for hydroxylation is 2. The van der Waals surface area contributed by atoms with E-state index in [0.29, 0.717) is 32.8 Å². The van der Waals surface area contributed by atoms with Gasteiger partial charge in [0, 0.05) is 31.7 Å². The van der Waals surface area contributed by atoms with Crippen molar-refractivity contribution in [2.24, 2.45) is 0 Å². The molecule has 1 aromatic carbocycles. The predicted molar refractivity (Wildman–Crippen MR) is 90.0 cm³/mol. The monoisotopic (exact) mass is 334 g/mol. The number of amides is 1. The lowest BCUT2D eigenvalue weighted by Gasteiger charge is -2.43.